The van der Waals surface area contributed by atoms with Crippen LogP contribution in [-0.4, -0.2) is 30.5 Å². The van der Waals surface area contributed by atoms with Gasteiger partial charge >= 0.3 is 18.3 Å². The van der Waals surface area contributed by atoms with E-state index in [-0.39, 0.29) is 19.4 Å². The minimum atomic E-state index is -4.66. The van der Waals surface area contributed by atoms with Gasteiger partial charge in [0.05, 0.1) is 11.7 Å². The second-order valence-corrected chi connectivity index (χ2v) is 7.94. The molecule has 0 heterocycles. The molecule has 0 radical (unpaired) electrons. The Morgan fingerprint density at radius 3 is 2.12 bits per heavy atom. The first-order chi connectivity index (χ1) is 16.1. The molecule has 1 aliphatic carbocycles. The highest BCUT2D eigenvalue weighted by Crippen LogP contribution is 2.29. The number of rotatable bonds is 7. The number of halogens is 3. The largest absolute Gasteiger partial charge is 0.522 e. The molecule has 2 aromatic rings. The first kappa shape index (κ1) is 25.1. The van der Waals surface area contributed by atoms with E-state index in [4.69, 9.17) is 20.9 Å². The Morgan fingerprint density at radius 2 is 1.53 bits per heavy atom. The van der Waals surface area contributed by atoms with Crippen molar-refractivity contribution in [2.45, 2.75) is 50.9 Å². The molecule has 0 spiro atoms. The van der Waals surface area contributed by atoms with Gasteiger partial charge in [-0.15, -0.1) is 13.2 Å². The summed E-state index contributed by atoms with van der Waals surface area (Å²) < 4.78 is 51.5. The van der Waals surface area contributed by atoms with Gasteiger partial charge in [0.25, 0.3) is 0 Å². The summed E-state index contributed by atoms with van der Waals surface area (Å²) >= 11 is 0. The highest BCUT2D eigenvalue weighted by molar-refractivity contribution is 5.90. The molecule has 1 aliphatic rings. The second kappa shape index (κ2) is 11.1. The van der Waals surface area contributed by atoms with Crippen LogP contribution in [0.1, 0.15) is 47.2 Å². The van der Waals surface area contributed by atoms with Gasteiger partial charge in [-0.1, -0.05) is 12.1 Å². The molecule has 0 bridgehead atoms. The molecule has 0 saturated heterocycles. The van der Waals surface area contributed by atoms with E-state index in [1.165, 1.54) is 12.2 Å². The van der Waals surface area contributed by atoms with Crippen molar-refractivity contribution in [2.24, 2.45) is 0 Å². The number of nitrogen functional groups attached to an aromatic ring is 2. The molecule has 2 aromatic carbocycles. The fourth-order valence-electron chi connectivity index (χ4n) is 3.60. The third-order valence-corrected chi connectivity index (χ3v) is 5.17. The van der Waals surface area contributed by atoms with Gasteiger partial charge in [-0.05, 0) is 73.2 Å². The van der Waals surface area contributed by atoms with Crippen LogP contribution < -0.4 is 11.5 Å². The lowest BCUT2D eigenvalue weighted by molar-refractivity contribution is -0.346. The van der Waals surface area contributed by atoms with E-state index >= 15 is 0 Å². The van der Waals surface area contributed by atoms with Gasteiger partial charge < -0.3 is 20.9 Å². The monoisotopic (exact) mass is 478 g/mol. The van der Waals surface area contributed by atoms with Crippen LogP contribution in [-0.2, 0) is 25.6 Å². The molecular weight excluding hydrogens is 453 g/mol. The first-order valence-electron chi connectivity index (χ1n) is 10.6. The number of anilines is 2. The number of ether oxygens (including phenoxy) is 3. The molecule has 182 valence electrons. The van der Waals surface area contributed by atoms with Gasteiger partial charge in [0.1, 0.15) is 12.7 Å². The first-order valence-corrected chi connectivity index (χ1v) is 10.6. The topological polar surface area (TPSA) is 114 Å². The summed E-state index contributed by atoms with van der Waals surface area (Å²) in [5.41, 5.74) is 14.0. The number of hydrogen-bond donors (Lipinski definition) is 2. The molecule has 7 nitrogen and oxygen atoms in total. The van der Waals surface area contributed by atoms with Gasteiger partial charge in [-0.2, -0.15) is 0 Å². The summed E-state index contributed by atoms with van der Waals surface area (Å²) in [6.07, 6.45) is -2.29. The van der Waals surface area contributed by atoms with Crippen LogP contribution in [0.25, 0.3) is 6.08 Å². The standard InChI is InChI=1S/C24H25F3N2O5/c25-24(26,27)34-21-8-6-20(7-9-21)33-23(31)17-4-1-15(2-5-17)3-10-22(30)32-14-16-11-18(28)13-19(29)12-16/h1-5,10-13,20-21H,6-9,14,28-29H2. The Labute approximate surface area is 194 Å². The quantitative estimate of drug-likeness (QED) is 0.339. The molecule has 10 heteroatoms. The molecule has 0 aromatic heterocycles. The van der Waals surface area contributed by atoms with Crippen LogP contribution in [0.3, 0.4) is 0 Å². The maximum atomic E-state index is 12.3. The molecule has 0 atom stereocenters. The van der Waals surface area contributed by atoms with Crippen LogP contribution in [0.15, 0.2) is 48.5 Å². The summed E-state index contributed by atoms with van der Waals surface area (Å²) in [7, 11) is 0. The van der Waals surface area contributed by atoms with Crippen LogP contribution >= 0.6 is 0 Å². The van der Waals surface area contributed by atoms with Gasteiger partial charge in [0.2, 0.25) is 0 Å². The van der Waals surface area contributed by atoms with Crippen molar-refractivity contribution in [2.75, 3.05) is 11.5 Å². The zero-order valence-corrected chi connectivity index (χ0v) is 18.2. The van der Waals surface area contributed by atoms with Gasteiger partial charge in [-0.25, -0.2) is 9.59 Å². The Bertz CT molecular complexity index is 1010. The van der Waals surface area contributed by atoms with E-state index in [9.17, 15) is 22.8 Å². The van der Waals surface area contributed by atoms with E-state index in [2.05, 4.69) is 4.74 Å². The van der Waals surface area contributed by atoms with Crippen molar-refractivity contribution in [1.82, 2.24) is 0 Å². The molecule has 0 amide bonds. The Morgan fingerprint density at radius 1 is 0.941 bits per heavy atom. The number of carbonyl (C=O) groups excluding carboxylic acids is 2. The predicted octanol–water partition coefficient (Wildman–Crippen LogP) is 4.61. The van der Waals surface area contributed by atoms with Gasteiger partial charge in [0.15, 0.2) is 0 Å². The van der Waals surface area contributed by atoms with Crippen molar-refractivity contribution >= 4 is 29.4 Å². The number of benzene rings is 2. The summed E-state index contributed by atoms with van der Waals surface area (Å²) in [6, 6.07) is 11.3. The fraction of sp³-hybridized carbons (Fsp3) is 0.333. The molecule has 1 fully saturated rings. The summed E-state index contributed by atoms with van der Waals surface area (Å²) in [4.78, 5) is 24.3. The lowest BCUT2D eigenvalue weighted by Crippen LogP contribution is -2.31. The zero-order valence-electron chi connectivity index (χ0n) is 18.2. The Kier molecular flexibility index (Phi) is 8.17. The minimum absolute atomic E-state index is 0.0213. The molecule has 3 rings (SSSR count). The third-order valence-electron chi connectivity index (χ3n) is 5.17. The normalized spacial score (nSPS) is 18.6. The number of nitrogens with two attached hydrogens (primary N) is 2. The van der Waals surface area contributed by atoms with Crippen LogP contribution in [0, 0.1) is 0 Å². The highest BCUT2D eigenvalue weighted by Gasteiger charge is 2.36. The third kappa shape index (κ3) is 8.11. The molecule has 0 unspecified atom stereocenters. The van der Waals surface area contributed by atoms with Crippen LogP contribution in [0.2, 0.25) is 0 Å². The maximum absolute atomic E-state index is 12.3. The average molecular weight is 478 g/mol. The van der Waals surface area contributed by atoms with Crippen molar-refractivity contribution < 1.29 is 37.0 Å². The van der Waals surface area contributed by atoms with E-state index < -0.39 is 30.5 Å². The van der Waals surface area contributed by atoms with Gasteiger partial charge in [-0.3, -0.25) is 4.74 Å². The number of alkyl halides is 3. The smallest absolute Gasteiger partial charge is 0.459 e. The lowest BCUT2D eigenvalue weighted by Gasteiger charge is -2.28. The molecule has 4 N–H and O–H groups in total. The molecule has 0 aliphatic heterocycles. The van der Waals surface area contributed by atoms with Crippen molar-refractivity contribution in [3.8, 4) is 0 Å². The molecule has 1 saturated carbocycles. The van der Waals surface area contributed by atoms with E-state index in [1.807, 2.05) is 0 Å². The summed E-state index contributed by atoms with van der Waals surface area (Å²) in [6.45, 7) is 0.0213. The van der Waals surface area contributed by atoms with E-state index in [0.29, 0.717) is 40.9 Å². The predicted molar refractivity (Wildman–Crippen MR) is 119 cm³/mol. The van der Waals surface area contributed by atoms with E-state index in [1.54, 1.807) is 42.5 Å². The molecule has 34 heavy (non-hydrogen) atoms. The lowest BCUT2D eigenvalue weighted by atomic mass is 9.95. The van der Waals surface area contributed by atoms with Gasteiger partial charge in [0, 0.05) is 17.5 Å². The number of hydrogen-bond acceptors (Lipinski definition) is 7. The van der Waals surface area contributed by atoms with Crippen molar-refractivity contribution in [3.63, 3.8) is 0 Å². The maximum Gasteiger partial charge on any atom is 0.522 e. The fourth-order valence-corrected chi connectivity index (χ4v) is 3.60. The zero-order chi connectivity index (χ0) is 24.7. The number of carbonyl (C=O) groups is 2. The van der Waals surface area contributed by atoms with Crippen molar-refractivity contribution in [3.05, 3.63) is 65.2 Å². The van der Waals surface area contributed by atoms with Crippen LogP contribution in [0.4, 0.5) is 24.5 Å². The number of esters is 2. The van der Waals surface area contributed by atoms with E-state index in [0.717, 1.165) is 0 Å². The second-order valence-electron chi connectivity index (χ2n) is 7.94. The average Bonchev–Trinajstić information content (AvgIpc) is 2.76. The SMILES string of the molecule is Nc1cc(N)cc(COC(=O)C=Cc2ccc(C(=O)OC3CCC(OC(F)(F)F)CC3)cc2)c1. The Balaban J connectivity index is 1.44. The van der Waals surface area contributed by atoms with Crippen molar-refractivity contribution in [1.29, 1.82) is 0 Å². The Hall–Kier alpha value is -3.53. The molecular formula is C24H25F3N2O5. The van der Waals surface area contributed by atoms with Crippen LogP contribution in [0.5, 0.6) is 0 Å². The highest BCUT2D eigenvalue weighted by atomic mass is 19.4. The summed E-state index contributed by atoms with van der Waals surface area (Å²) in [5.74, 6) is -1.12. The summed E-state index contributed by atoms with van der Waals surface area (Å²) in [5, 5.41) is 0. The minimum Gasteiger partial charge on any atom is -0.459 e.